The molecule has 0 radical (unpaired) electrons. The Morgan fingerprint density at radius 2 is 1.86 bits per heavy atom. The van der Waals surface area contributed by atoms with Gasteiger partial charge in [0.1, 0.15) is 30.1 Å². The number of nitriles is 1. The minimum Gasteiger partial charge on any atom is -0.756 e. The number of aliphatic carboxylic acids is 1. The van der Waals surface area contributed by atoms with Gasteiger partial charge in [-0.1, -0.05) is 57.5 Å². The van der Waals surface area contributed by atoms with Crippen LogP contribution in [-0.4, -0.2) is 66.8 Å². The lowest BCUT2D eigenvalue weighted by Crippen LogP contribution is -2.41. The molecule has 0 bridgehead atoms. The van der Waals surface area contributed by atoms with E-state index in [-0.39, 0.29) is 18.7 Å². The van der Waals surface area contributed by atoms with Gasteiger partial charge in [0, 0.05) is 29.0 Å². The van der Waals surface area contributed by atoms with Gasteiger partial charge in [-0.05, 0) is 44.5 Å². The van der Waals surface area contributed by atoms with Crippen molar-refractivity contribution in [3.8, 4) is 17.3 Å². The summed E-state index contributed by atoms with van der Waals surface area (Å²) in [5.41, 5.74) is 10.9. The minimum atomic E-state index is -5.11. The van der Waals surface area contributed by atoms with Crippen LogP contribution in [0.3, 0.4) is 0 Å². The largest absolute Gasteiger partial charge is 0.756 e. The molecule has 0 aliphatic rings. The fraction of sp³-hybridized carbons (Fsp3) is 0.424. The highest BCUT2D eigenvalue weighted by atomic mass is 32.1. The van der Waals surface area contributed by atoms with Gasteiger partial charge in [0.15, 0.2) is 6.79 Å². The van der Waals surface area contributed by atoms with Crippen LogP contribution in [0.4, 0.5) is 4.39 Å². The van der Waals surface area contributed by atoms with Crippen molar-refractivity contribution in [1.82, 2.24) is 19.7 Å². The Hall–Kier alpha value is -3.95. The maximum atomic E-state index is 15.2. The number of thiazole rings is 1. The number of halogens is 1. The Morgan fingerprint density at radius 1 is 1.22 bits per heavy atom. The number of aliphatic hydroxyl groups is 1. The normalized spacial score (nSPS) is 14.0. The predicted octanol–water partition coefficient (Wildman–Crippen LogP) is 4.12. The van der Waals surface area contributed by atoms with Gasteiger partial charge in [-0.15, -0.1) is 11.3 Å². The molecule has 15 nitrogen and oxygen atoms in total. The Kier molecular flexibility index (Phi) is 20.8. The zero-order valence-corrected chi connectivity index (χ0v) is 30.7. The third-order valence-corrected chi connectivity index (χ3v) is 8.37. The van der Waals surface area contributed by atoms with E-state index >= 15 is 4.39 Å². The molecule has 280 valence electrons. The second kappa shape index (κ2) is 23.5. The van der Waals surface area contributed by atoms with E-state index in [4.69, 9.17) is 41.6 Å². The van der Waals surface area contributed by atoms with Crippen molar-refractivity contribution in [2.45, 2.75) is 71.1 Å². The first-order chi connectivity index (χ1) is 24.3. The number of aromatic nitrogens is 4. The molecule has 4 aromatic rings. The number of nitrogens with two attached hydrogens (primary N) is 2. The monoisotopic (exact) mass is 750 g/mol. The van der Waals surface area contributed by atoms with Crippen molar-refractivity contribution in [3.63, 3.8) is 0 Å². The lowest BCUT2D eigenvalue weighted by molar-refractivity contribution is -0.236. The Bertz CT molecular complexity index is 1650. The van der Waals surface area contributed by atoms with Gasteiger partial charge in [-0.2, -0.15) is 10.4 Å². The topological polar surface area (TPSA) is 256 Å². The van der Waals surface area contributed by atoms with E-state index in [1.807, 2.05) is 19.2 Å². The van der Waals surface area contributed by atoms with Crippen molar-refractivity contribution in [3.05, 3.63) is 88.5 Å². The van der Waals surface area contributed by atoms with Gasteiger partial charge in [0.05, 0.1) is 28.9 Å². The van der Waals surface area contributed by atoms with E-state index < -0.39 is 44.0 Å². The number of ether oxygens (including phenoxy) is 1. The predicted molar refractivity (Wildman–Crippen MR) is 188 cm³/mol. The number of rotatable bonds is 15. The zero-order chi connectivity index (χ0) is 38.5. The SMILES string of the molecule is CC.CCO.C[C@@H](c1nc(-c2ccc(C#N)cc2)cs1)[C@@](Cn1cncn1)(OCOP(=O)([O-])O)c1ccccc1F.NCCCC[C@H](N)C(=O)O. The van der Waals surface area contributed by atoms with Crippen molar-refractivity contribution in [1.29, 1.82) is 5.26 Å². The van der Waals surface area contributed by atoms with E-state index in [1.54, 1.807) is 44.2 Å². The number of carboxylic acid groups (broad SMARTS) is 1. The molecule has 4 atom stereocenters. The summed E-state index contributed by atoms with van der Waals surface area (Å²) in [5, 5.41) is 31.4. The molecule has 0 aliphatic carbocycles. The lowest BCUT2D eigenvalue weighted by atomic mass is 9.81. The van der Waals surface area contributed by atoms with Gasteiger partial charge >= 0.3 is 5.97 Å². The van der Waals surface area contributed by atoms with Crippen LogP contribution < -0.4 is 16.4 Å². The van der Waals surface area contributed by atoms with E-state index in [1.165, 1.54) is 46.9 Å². The van der Waals surface area contributed by atoms with Crippen LogP contribution in [0.1, 0.15) is 69.0 Å². The number of phosphoric acid groups is 1. The number of hydrogen-bond acceptors (Lipinski definition) is 13. The highest BCUT2D eigenvalue weighted by molar-refractivity contribution is 7.44. The van der Waals surface area contributed by atoms with Gasteiger partial charge in [-0.3, -0.25) is 13.9 Å². The molecule has 2 aromatic carbocycles. The Morgan fingerprint density at radius 3 is 2.39 bits per heavy atom. The zero-order valence-electron chi connectivity index (χ0n) is 29.0. The molecule has 7 N–H and O–H groups in total. The summed E-state index contributed by atoms with van der Waals surface area (Å²) in [7, 11) is -5.11. The molecule has 18 heteroatoms. The highest BCUT2D eigenvalue weighted by Crippen LogP contribution is 2.45. The van der Waals surface area contributed by atoms with Gasteiger partial charge in [0.2, 0.25) is 0 Å². The van der Waals surface area contributed by atoms with Gasteiger partial charge < -0.3 is 36.2 Å². The minimum absolute atomic E-state index is 0.0706. The van der Waals surface area contributed by atoms with Crippen molar-refractivity contribution >= 4 is 25.1 Å². The molecular formula is C33H46FN7O8PS-. The molecule has 4 rings (SSSR count). The van der Waals surface area contributed by atoms with Gasteiger partial charge in [0.25, 0.3) is 7.82 Å². The first kappa shape index (κ1) is 45.1. The third kappa shape index (κ3) is 15.1. The van der Waals surface area contributed by atoms with Crippen molar-refractivity contribution in [2.24, 2.45) is 11.5 Å². The van der Waals surface area contributed by atoms with Crippen LogP contribution in [0.5, 0.6) is 0 Å². The van der Waals surface area contributed by atoms with Crippen LogP contribution >= 0.6 is 19.2 Å². The second-order valence-electron chi connectivity index (χ2n) is 10.3. The third-order valence-electron chi connectivity index (χ3n) is 6.91. The molecular weight excluding hydrogens is 704 g/mol. The lowest BCUT2D eigenvalue weighted by Gasteiger charge is -2.39. The van der Waals surface area contributed by atoms with Gasteiger partial charge in [-0.25, -0.2) is 19.0 Å². The average molecular weight is 751 g/mol. The molecule has 1 unspecified atom stereocenters. The smallest absolute Gasteiger partial charge is 0.320 e. The number of aliphatic hydroxyl groups excluding tert-OH is 1. The van der Waals surface area contributed by atoms with Crippen LogP contribution in [0.25, 0.3) is 11.3 Å². The molecule has 0 saturated carbocycles. The molecule has 51 heavy (non-hydrogen) atoms. The number of carbonyl (C=O) groups is 1. The number of benzene rings is 2. The van der Waals surface area contributed by atoms with E-state index in [0.717, 1.165) is 18.4 Å². The molecule has 0 fully saturated rings. The maximum absolute atomic E-state index is 15.2. The Labute approximate surface area is 300 Å². The van der Waals surface area contributed by atoms with E-state index in [9.17, 15) is 14.3 Å². The van der Waals surface area contributed by atoms with Crippen molar-refractivity contribution in [2.75, 3.05) is 19.9 Å². The van der Waals surface area contributed by atoms with Crippen LogP contribution in [-0.2, 0) is 30.8 Å². The first-order valence-corrected chi connectivity index (χ1v) is 18.3. The fourth-order valence-corrected chi connectivity index (χ4v) is 5.58. The molecule has 2 heterocycles. The Balaban J connectivity index is 0.000000735. The second-order valence-corrected chi connectivity index (χ2v) is 12.4. The average Bonchev–Trinajstić information content (AvgIpc) is 3.82. The highest BCUT2D eigenvalue weighted by Gasteiger charge is 2.44. The van der Waals surface area contributed by atoms with Crippen LogP contribution in [0.15, 0.2) is 66.6 Å². The van der Waals surface area contributed by atoms with E-state index in [0.29, 0.717) is 29.2 Å². The summed E-state index contributed by atoms with van der Waals surface area (Å²) in [6, 6.07) is 14.2. The van der Waals surface area contributed by atoms with Crippen molar-refractivity contribution < 1.29 is 43.0 Å². The molecule has 0 aliphatic heterocycles. The first-order valence-electron chi connectivity index (χ1n) is 16.0. The molecule has 2 aromatic heterocycles. The van der Waals surface area contributed by atoms with Crippen LogP contribution in [0, 0.1) is 17.1 Å². The number of carboxylic acids is 1. The standard InChI is InChI=1S/C23H21FN5O5PS.C6H14N2O2.C2H6O.C2H6/c1-16(22-28-21(11-36-22)18-8-6-17(10-25)7-9-18)23(12-29-14-26-13-27-29,33-15-34-35(30,31)32)19-4-2-3-5-20(19)24;7-4-2-1-3-5(8)6(9)10;1-2-3;1-2/h2-9,11,13-14,16H,12,15H2,1H3,(H2,30,31,32);5H,1-4,7-8H2,(H,9,10);3H,2H2,1H3;1-2H3/p-1/t16-,23+;5-;;/m00../s1. The molecule has 0 saturated heterocycles. The maximum Gasteiger partial charge on any atom is 0.320 e. The fourth-order valence-electron chi connectivity index (χ4n) is 4.43. The molecule has 0 spiro atoms. The summed E-state index contributed by atoms with van der Waals surface area (Å²) in [4.78, 5) is 39.1. The summed E-state index contributed by atoms with van der Waals surface area (Å²) in [5.74, 6) is -2.18. The van der Waals surface area contributed by atoms with Crippen LogP contribution in [0.2, 0.25) is 0 Å². The molecule has 0 amide bonds. The summed E-state index contributed by atoms with van der Waals surface area (Å²) in [6.07, 6.45) is 4.89. The number of nitrogens with zero attached hydrogens (tertiary/aromatic N) is 5. The summed E-state index contributed by atoms with van der Waals surface area (Å²) >= 11 is 1.31. The van der Waals surface area contributed by atoms with E-state index in [2.05, 4.69) is 20.7 Å². The number of phosphoric ester groups is 1. The summed E-state index contributed by atoms with van der Waals surface area (Å²) < 4.78 is 38.3. The quantitative estimate of drug-likeness (QED) is 0.0651. The number of hydrogen-bond donors (Lipinski definition) is 5. The number of unbranched alkanes of at least 4 members (excludes halogenated alkanes) is 1. The summed E-state index contributed by atoms with van der Waals surface area (Å²) in [6.45, 7) is 7.35.